The first kappa shape index (κ1) is 19.8. The predicted molar refractivity (Wildman–Crippen MR) is 122 cm³/mol. The molecule has 0 radical (unpaired) electrons. The fourth-order valence-corrected chi connectivity index (χ4v) is 6.73. The summed E-state index contributed by atoms with van der Waals surface area (Å²) in [7, 11) is -0.359. The maximum Gasteiger partial charge on any atom is -0.00883 e. The lowest BCUT2D eigenvalue weighted by Crippen LogP contribution is -2.23. The van der Waals surface area contributed by atoms with Crippen LogP contribution in [-0.4, -0.2) is 5.66 Å². The summed E-state index contributed by atoms with van der Waals surface area (Å²) < 4.78 is 0. The lowest BCUT2D eigenvalue weighted by Gasteiger charge is -2.29. The molecule has 0 fully saturated rings. The minimum absolute atomic E-state index is 0.359. The van der Waals surface area contributed by atoms with Gasteiger partial charge in [0.15, 0.2) is 0 Å². The smallest absolute Gasteiger partial charge is 0.00883 e. The number of hydrogen-bond donors (Lipinski definition) is 0. The van der Waals surface area contributed by atoms with Crippen LogP contribution in [-0.2, 0) is 6.42 Å². The van der Waals surface area contributed by atoms with Crippen molar-refractivity contribution in [1.82, 2.24) is 0 Å². The fourth-order valence-electron chi connectivity index (χ4n) is 3.76. The van der Waals surface area contributed by atoms with E-state index in [0.717, 1.165) is 0 Å². The van der Waals surface area contributed by atoms with Gasteiger partial charge in [-0.2, -0.15) is 0 Å². The van der Waals surface area contributed by atoms with Gasteiger partial charge in [0.2, 0.25) is 0 Å². The van der Waals surface area contributed by atoms with Crippen LogP contribution in [0.2, 0.25) is 0 Å². The summed E-state index contributed by atoms with van der Waals surface area (Å²) in [6.07, 6.45) is 7.83. The first-order valence-corrected chi connectivity index (χ1v) is 11.7. The van der Waals surface area contributed by atoms with Crippen LogP contribution in [0.3, 0.4) is 0 Å². The normalized spacial score (nSPS) is 12.2. The molecule has 140 valence electrons. The zero-order chi connectivity index (χ0) is 18.7. The van der Waals surface area contributed by atoms with Gasteiger partial charge in [-0.3, -0.25) is 0 Å². The quantitative estimate of drug-likeness (QED) is 0.273. The third kappa shape index (κ3) is 6.05. The molecule has 3 rings (SSSR count). The summed E-state index contributed by atoms with van der Waals surface area (Å²) in [5.41, 5.74) is 2.15. The molecule has 0 N–H and O–H groups in total. The lowest BCUT2D eigenvalue weighted by atomic mass is 10.0. The molecular weight excluding hydrogens is 343 g/mol. The molecule has 0 aliphatic rings. The molecule has 0 aromatic heterocycles. The zero-order valence-electron chi connectivity index (χ0n) is 16.4. The summed E-state index contributed by atoms with van der Waals surface area (Å²) in [4.78, 5) is 0. The molecule has 1 unspecified atom stereocenters. The largest absolute Gasteiger partial charge is 0.0654 e. The van der Waals surface area contributed by atoms with Crippen LogP contribution in [0.15, 0.2) is 91.0 Å². The van der Waals surface area contributed by atoms with Crippen molar-refractivity contribution >= 4 is 18.5 Å². The van der Waals surface area contributed by atoms with Gasteiger partial charge in [-0.25, -0.2) is 0 Å². The first-order chi connectivity index (χ1) is 13.4. The van der Waals surface area contributed by atoms with E-state index in [1.54, 1.807) is 0 Å². The van der Waals surface area contributed by atoms with Crippen molar-refractivity contribution in [1.29, 1.82) is 0 Å². The van der Waals surface area contributed by atoms with E-state index in [1.165, 1.54) is 54.7 Å². The van der Waals surface area contributed by atoms with Crippen LogP contribution in [0.1, 0.15) is 44.6 Å². The Morgan fingerprint density at radius 2 is 1.15 bits per heavy atom. The molecule has 0 saturated heterocycles. The Labute approximate surface area is 166 Å². The van der Waals surface area contributed by atoms with Crippen LogP contribution in [0.25, 0.3) is 0 Å². The van der Waals surface area contributed by atoms with Gasteiger partial charge in [-0.15, -0.1) is 0 Å². The molecule has 1 heteroatoms. The van der Waals surface area contributed by atoms with Gasteiger partial charge in [-0.05, 0) is 42.6 Å². The Morgan fingerprint density at radius 3 is 1.67 bits per heavy atom. The second kappa shape index (κ2) is 11.1. The van der Waals surface area contributed by atoms with Crippen molar-refractivity contribution in [2.45, 2.75) is 51.1 Å². The van der Waals surface area contributed by atoms with Crippen LogP contribution < -0.4 is 10.6 Å². The van der Waals surface area contributed by atoms with Gasteiger partial charge in [0.1, 0.15) is 0 Å². The van der Waals surface area contributed by atoms with Crippen molar-refractivity contribution in [3.63, 3.8) is 0 Å². The monoisotopic (exact) mass is 374 g/mol. The van der Waals surface area contributed by atoms with Gasteiger partial charge >= 0.3 is 0 Å². The van der Waals surface area contributed by atoms with Crippen molar-refractivity contribution in [3.05, 3.63) is 96.6 Å². The molecule has 0 heterocycles. The molecule has 3 aromatic rings. The molecule has 0 aliphatic carbocycles. The fraction of sp³-hybridized carbons (Fsp3) is 0.308. The highest BCUT2D eigenvalue weighted by Crippen LogP contribution is 2.43. The van der Waals surface area contributed by atoms with Crippen LogP contribution in [0.5, 0.6) is 0 Å². The zero-order valence-corrected chi connectivity index (χ0v) is 17.3. The maximum absolute atomic E-state index is 2.34. The Bertz CT molecular complexity index is 712. The molecule has 0 nitrogen and oxygen atoms in total. The third-order valence-corrected chi connectivity index (χ3v) is 8.02. The minimum atomic E-state index is -0.359. The average Bonchev–Trinajstić information content (AvgIpc) is 2.73. The Kier molecular flexibility index (Phi) is 8.12. The minimum Gasteiger partial charge on any atom is -0.0654 e. The Balaban J connectivity index is 1.90. The van der Waals surface area contributed by atoms with E-state index >= 15 is 0 Å². The van der Waals surface area contributed by atoms with Gasteiger partial charge in [0.05, 0.1) is 0 Å². The highest BCUT2D eigenvalue weighted by Gasteiger charge is 2.24. The van der Waals surface area contributed by atoms with E-state index in [2.05, 4.69) is 97.9 Å². The third-order valence-electron chi connectivity index (χ3n) is 5.14. The number of rotatable bonds is 10. The van der Waals surface area contributed by atoms with E-state index in [4.69, 9.17) is 0 Å². The first-order valence-electron chi connectivity index (χ1n) is 10.3. The van der Waals surface area contributed by atoms with Crippen LogP contribution >= 0.6 is 7.92 Å². The number of hydrogen-bond acceptors (Lipinski definition) is 0. The molecule has 0 aliphatic heterocycles. The van der Waals surface area contributed by atoms with Crippen LogP contribution in [0, 0.1) is 0 Å². The van der Waals surface area contributed by atoms with Crippen molar-refractivity contribution < 1.29 is 0 Å². The van der Waals surface area contributed by atoms with Gasteiger partial charge in [0, 0.05) is 0 Å². The second-order valence-electron chi connectivity index (χ2n) is 7.23. The standard InChI is InChI=1S/C26H31P/c1-2-3-4-10-21-26(22-23-15-8-5-9-16-23)27(24-17-11-6-12-18-24)25-19-13-7-14-20-25/h5-9,11-20,26H,2-4,10,21-22H2,1H3. The molecule has 27 heavy (non-hydrogen) atoms. The SMILES string of the molecule is CCCCCCC(Cc1ccccc1)P(c1ccccc1)c1ccccc1. The summed E-state index contributed by atoms with van der Waals surface area (Å²) in [6.45, 7) is 2.29. The topological polar surface area (TPSA) is 0 Å². The van der Waals surface area contributed by atoms with Gasteiger partial charge in [-0.1, -0.05) is 124 Å². The molecule has 0 amide bonds. The highest BCUT2D eigenvalue weighted by atomic mass is 31.1. The van der Waals surface area contributed by atoms with E-state index < -0.39 is 0 Å². The Hall–Kier alpha value is -1.91. The summed E-state index contributed by atoms with van der Waals surface area (Å²) in [6, 6.07) is 33.5. The number of benzene rings is 3. The molecular formula is C26H31P. The maximum atomic E-state index is 2.34. The molecule has 0 saturated carbocycles. The Morgan fingerprint density at radius 1 is 0.630 bits per heavy atom. The van der Waals surface area contributed by atoms with E-state index in [-0.39, 0.29) is 7.92 Å². The lowest BCUT2D eigenvalue weighted by molar-refractivity contribution is 0.613. The molecule has 3 aromatic carbocycles. The van der Waals surface area contributed by atoms with Crippen molar-refractivity contribution in [2.24, 2.45) is 0 Å². The van der Waals surface area contributed by atoms with Crippen molar-refractivity contribution in [2.75, 3.05) is 0 Å². The van der Waals surface area contributed by atoms with E-state index in [9.17, 15) is 0 Å². The predicted octanol–water partition coefficient (Wildman–Crippen LogP) is 6.70. The highest BCUT2D eigenvalue weighted by molar-refractivity contribution is 7.73. The van der Waals surface area contributed by atoms with Crippen LogP contribution in [0.4, 0.5) is 0 Å². The van der Waals surface area contributed by atoms with Gasteiger partial charge < -0.3 is 0 Å². The second-order valence-corrected chi connectivity index (χ2v) is 9.74. The number of unbranched alkanes of at least 4 members (excludes halogenated alkanes) is 3. The summed E-state index contributed by atoms with van der Waals surface area (Å²) >= 11 is 0. The van der Waals surface area contributed by atoms with E-state index in [1.807, 2.05) is 0 Å². The van der Waals surface area contributed by atoms with Gasteiger partial charge in [0.25, 0.3) is 0 Å². The molecule has 0 bridgehead atoms. The van der Waals surface area contributed by atoms with E-state index in [0.29, 0.717) is 5.66 Å². The average molecular weight is 375 g/mol. The van der Waals surface area contributed by atoms with Crippen molar-refractivity contribution in [3.8, 4) is 0 Å². The molecule has 1 atom stereocenters. The summed E-state index contributed by atoms with van der Waals surface area (Å²) in [5, 5.41) is 3.02. The summed E-state index contributed by atoms with van der Waals surface area (Å²) in [5.74, 6) is 0. The molecule has 0 spiro atoms.